The van der Waals surface area contributed by atoms with E-state index in [1.165, 1.54) is 13.2 Å². The van der Waals surface area contributed by atoms with Crippen LogP contribution in [0.3, 0.4) is 0 Å². The SMILES string of the molecule is COC(=O)c1n[nH]c2ccc(-n3c(N)c4c(cc3=O)C(=O)NC4=O)cc12. The van der Waals surface area contributed by atoms with Gasteiger partial charge in [-0.2, -0.15) is 5.10 Å². The molecule has 0 saturated heterocycles. The summed E-state index contributed by atoms with van der Waals surface area (Å²) in [7, 11) is 1.23. The van der Waals surface area contributed by atoms with Gasteiger partial charge in [-0.1, -0.05) is 0 Å². The maximum absolute atomic E-state index is 12.5. The number of aromatic amines is 1. The van der Waals surface area contributed by atoms with E-state index in [1.807, 2.05) is 0 Å². The molecular weight excluding hydrogens is 342 g/mol. The van der Waals surface area contributed by atoms with Gasteiger partial charge in [0, 0.05) is 11.5 Å². The van der Waals surface area contributed by atoms with Crippen molar-refractivity contribution in [2.24, 2.45) is 0 Å². The molecule has 10 nitrogen and oxygen atoms in total. The third-order valence-electron chi connectivity index (χ3n) is 4.14. The summed E-state index contributed by atoms with van der Waals surface area (Å²) in [6, 6.07) is 5.74. The first-order chi connectivity index (χ1) is 12.4. The van der Waals surface area contributed by atoms with Crippen molar-refractivity contribution in [3.05, 3.63) is 51.4 Å². The number of nitrogens with two attached hydrogens (primary N) is 1. The normalized spacial score (nSPS) is 13.0. The first-order valence-corrected chi connectivity index (χ1v) is 7.40. The number of H-pyrrole nitrogens is 1. The number of fused-ring (bicyclic) bond motifs is 2. The summed E-state index contributed by atoms with van der Waals surface area (Å²) in [4.78, 5) is 48.0. The fourth-order valence-electron chi connectivity index (χ4n) is 2.94. The highest BCUT2D eigenvalue weighted by Gasteiger charge is 2.32. The molecule has 26 heavy (non-hydrogen) atoms. The maximum atomic E-state index is 12.5. The van der Waals surface area contributed by atoms with Crippen LogP contribution in [-0.4, -0.2) is 39.7 Å². The van der Waals surface area contributed by atoms with Gasteiger partial charge in [-0.25, -0.2) is 4.79 Å². The molecule has 0 unspecified atom stereocenters. The Morgan fingerprint density at radius 3 is 2.69 bits per heavy atom. The molecule has 0 saturated carbocycles. The van der Waals surface area contributed by atoms with E-state index in [2.05, 4.69) is 20.3 Å². The molecule has 3 heterocycles. The van der Waals surface area contributed by atoms with Gasteiger partial charge in [0.25, 0.3) is 17.4 Å². The monoisotopic (exact) mass is 353 g/mol. The molecule has 1 aromatic carbocycles. The molecule has 0 bridgehead atoms. The van der Waals surface area contributed by atoms with Crippen molar-refractivity contribution in [1.29, 1.82) is 0 Å². The number of amides is 2. The number of rotatable bonds is 2. The van der Waals surface area contributed by atoms with Crippen LogP contribution in [0.15, 0.2) is 29.1 Å². The van der Waals surface area contributed by atoms with Crippen molar-refractivity contribution in [2.45, 2.75) is 0 Å². The Labute approximate surface area is 144 Å². The number of methoxy groups -OCH3 is 1. The van der Waals surface area contributed by atoms with Crippen molar-refractivity contribution < 1.29 is 19.1 Å². The average Bonchev–Trinajstić information content (AvgIpc) is 3.15. The van der Waals surface area contributed by atoms with Crippen molar-refractivity contribution >= 4 is 34.5 Å². The van der Waals surface area contributed by atoms with Crippen LogP contribution in [0.2, 0.25) is 0 Å². The zero-order chi connectivity index (χ0) is 18.6. The Kier molecular flexibility index (Phi) is 3.16. The zero-order valence-electron chi connectivity index (χ0n) is 13.3. The topological polar surface area (TPSA) is 149 Å². The van der Waals surface area contributed by atoms with Crippen LogP contribution in [0.4, 0.5) is 5.82 Å². The van der Waals surface area contributed by atoms with Gasteiger partial charge in [0.1, 0.15) is 5.82 Å². The van der Waals surface area contributed by atoms with Gasteiger partial charge in [-0.15, -0.1) is 0 Å². The molecule has 10 heteroatoms. The predicted octanol–water partition coefficient (Wildman–Crippen LogP) is -0.0338. The van der Waals surface area contributed by atoms with Gasteiger partial charge in [0.2, 0.25) is 0 Å². The second kappa shape index (κ2) is 5.28. The number of carbonyl (C=O) groups excluding carboxylic acids is 3. The maximum Gasteiger partial charge on any atom is 0.359 e. The summed E-state index contributed by atoms with van der Waals surface area (Å²) in [5.41, 5.74) is 6.19. The highest BCUT2D eigenvalue weighted by molar-refractivity contribution is 6.23. The van der Waals surface area contributed by atoms with Gasteiger partial charge < -0.3 is 10.5 Å². The Morgan fingerprint density at radius 1 is 1.19 bits per heavy atom. The minimum atomic E-state index is -0.670. The molecule has 2 aromatic heterocycles. The molecule has 1 aliphatic rings. The Hall–Kier alpha value is -3.95. The molecule has 3 aromatic rings. The summed E-state index contributed by atoms with van der Waals surface area (Å²) < 4.78 is 5.76. The number of nitrogens with one attached hydrogen (secondary N) is 2. The first-order valence-electron chi connectivity index (χ1n) is 7.40. The molecule has 0 atom stereocenters. The van der Waals surface area contributed by atoms with Crippen molar-refractivity contribution in [2.75, 3.05) is 12.8 Å². The van der Waals surface area contributed by atoms with Crippen LogP contribution < -0.4 is 16.6 Å². The quantitative estimate of drug-likeness (QED) is 0.432. The number of nitrogen functional groups attached to an aromatic ring is 1. The predicted molar refractivity (Wildman–Crippen MR) is 89.2 cm³/mol. The number of anilines is 1. The van der Waals surface area contributed by atoms with Crippen LogP contribution in [0.25, 0.3) is 16.6 Å². The van der Waals surface area contributed by atoms with Crippen LogP contribution in [0.1, 0.15) is 31.2 Å². The van der Waals surface area contributed by atoms with E-state index < -0.39 is 23.3 Å². The Balaban J connectivity index is 1.98. The number of imide groups is 1. The molecule has 4 rings (SSSR count). The first kappa shape index (κ1) is 15.6. The number of pyridine rings is 1. The van der Waals surface area contributed by atoms with Crippen LogP contribution in [0, 0.1) is 0 Å². The van der Waals surface area contributed by atoms with Crippen LogP contribution >= 0.6 is 0 Å². The lowest BCUT2D eigenvalue weighted by Gasteiger charge is -2.12. The number of aromatic nitrogens is 3. The molecule has 1 aliphatic heterocycles. The number of esters is 1. The minimum Gasteiger partial charge on any atom is -0.464 e. The molecule has 0 spiro atoms. The Bertz CT molecular complexity index is 1190. The van der Waals surface area contributed by atoms with Crippen molar-refractivity contribution in [1.82, 2.24) is 20.1 Å². The van der Waals surface area contributed by atoms with Gasteiger partial charge in [-0.05, 0) is 18.2 Å². The molecule has 4 N–H and O–H groups in total. The molecule has 2 amide bonds. The number of nitrogens with zero attached hydrogens (tertiary/aromatic N) is 2. The van der Waals surface area contributed by atoms with E-state index in [4.69, 9.17) is 5.73 Å². The third-order valence-corrected chi connectivity index (χ3v) is 4.14. The van der Waals surface area contributed by atoms with Gasteiger partial charge in [0.05, 0.1) is 29.4 Å². The zero-order valence-corrected chi connectivity index (χ0v) is 13.3. The summed E-state index contributed by atoms with van der Waals surface area (Å²) in [5.74, 6) is -2.15. The van der Waals surface area contributed by atoms with Crippen LogP contribution in [-0.2, 0) is 4.74 Å². The van der Waals surface area contributed by atoms with E-state index >= 15 is 0 Å². The molecule has 0 radical (unpaired) electrons. The highest BCUT2D eigenvalue weighted by Crippen LogP contribution is 2.25. The lowest BCUT2D eigenvalue weighted by molar-refractivity contribution is 0.0595. The van der Waals surface area contributed by atoms with E-state index in [0.29, 0.717) is 16.6 Å². The third kappa shape index (κ3) is 2.02. The minimum absolute atomic E-state index is 0.0463. The lowest BCUT2D eigenvalue weighted by Crippen LogP contribution is -2.24. The Morgan fingerprint density at radius 2 is 1.96 bits per heavy atom. The van der Waals surface area contributed by atoms with Crippen molar-refractivity contribution in [3.8, 4) is 5.69 Å². The second-order valence-corrected chi connectivity index (χ2v) is 5.57. The summed E-state index contributed by atoms with van der Waals surface area (Å²) >= 11 is 0. The molecular formula is C16H11N5O5. The molecule has 0 fully saturated rings. The largest absolute Gasteiger partial charge is 0.464 e. The summed E-state index contributed by atoms with van der Waals surface area (Å²) in [6.45, 7) is 0. The lowest BCUT2D eigenvalue weighted by atomic mass is 10.1. The number of benzene rings is 1. The number of hydrogen-bond donors (Lipinski definition) is 3. The highest BCUT2D eigenvalue weighted by atomic mass is 16.5. The smallest absolute Gasteiger partial charge is 0.359 e. The van der Waals surface area contributed by atoms with Crippen molar-refractivity contribution in [3.63, 3.8) is 0 Å². The van der Waals surface area contributed by atoms with Gasteiger partial charge in [0.15, 0.2) is 5.69 Å². The van der Waals surface area contributed by atoms with Gasteiger partial charge >= 0.3 is 5.97 Å². The van der Waals surface area contributed by atoms with Crippen LogP contribution in [0.5, 0.6) is 0 Å². The number of carbonyl (C=O) groups is 3. The molecule has 130 valence electrons. The summed E-state index contributed by atoms with van der Waals surface area (Å²) in [5, 5.41) is 9.10. The van der Waals surface area contributed by atoms with E-state index in [9.17, 15) is 19.2 Å². The number of hydrogen-bond acceptors (Lipinski definition) is 7. The second-order valence-electron chi connectivity index (χ2n) is 5.57. The van der Waals surface area contributed by atoms with Gasteiger partial charge in [-0.3, -0.25) is 29.4 Å². The summed E-state index contributed by atoms with van der Waals surface area (Å²) in [6.07, 6.45) is 0. The molecule has 0 aliphatic carbocycles. The van der Waals surface area contributed by atoms with E-state index in [-0.39, 0.29) is 22.6 Å². The average molecular weight is 353 g/mol. The fourth-order valence-corrected chi connectivity index (χ4v) is 2.94. The van der Waals surface area contributed by atoms with E-state index in [0.717, 1.165) is 10.6 Å². The number of ether oxygens (including phenoxy) is 1. The van der Waals surface area contributed by atoms with E-state index in [1.54, 1.807) is 12.1 Å². The standard InChI is InChI=1S/C16H11N5O5/c1-26-16(25)12-7-4-6(2-3-9(7)19-20-12)21-10(22)5-8-11(13(21)17)15(24)18-14(8)23/h2-5H,17H2,1H3,(H,19,20)(H,18,23,24). The fraction of sp³-hybridized carbons (Fsp3) is 0.0625.